The van der Waals surface area contributed by atoms with E-state index in [0.717, 1.165) is 16.8 Å². The number of carbonyl (C=O) groups is 1. The van der Waals surface area contributed by atoms with Gasteiger partial charge in [-0.1, -0.05) is 24.3 Å². The average Bonchev–Trinajstić information content (AvgIpc) is 2.92. The lowest BCUT2D eigenvalue weighted by Crippen LogP contribution is -2.19. The molecule has 0 radical (unpaired) electrons. The predicted octanol–water partition coefficient (Wildman–Crippen LogP) is 3.91. The van der Waals surface area contributed by atoms with Gasteiger partial charge in [-0.2, -0.15) is 0 Å². The number of benzene rings is 2. The molecule has 0 unspecified atom stereocenters. The third-order valence-electron chi connectivity index (χ3n) is 3.77. The summed E-state index contributed by atoms with van der Waals surface area (Å²) >= 11 is 1.24. The highest BCUT2D eigenvalue weighted by Gasteiger charge is 2.24. The second-order valence-corrected chi connectivity index (χ2v) is 6.70. The van der Waals surface area contributed by atoms with E-state index < -0.39 is 0 Å². The molecule has 1 aliphatic heterocycles. The van der Waals surface area contributed by atoms with Gasteiger partial charge in [0.05, 0.1) is 17.7 Å². The summed E-state index contributed by atoms with van der Waals surface area (Å²) < 4.78 is 5.09. The maximum absolute atomic E-state index is 12.2. The van der Waals surface area contributed by atoms with E-state index in [4.69, 9.17) is 4.74 Å². The largest absolute Gasteiger partial charge is 0.504 e. The molecular weight excluding hydrogens is 336 g/mol. The minimum absolute atomic E-state index is 0.00539. The van der Waals surface area contributed by atoms with Crippen LogP contribution in [-0.4, -0.2) is 23.3 Å². The molecular formula is C19H18N2O3S. The first kappa shape index (κ1) is 17.1. The predicted molar refractivity (Wildman–Crippen MR) is 101 cm³/mol. The molecule has 0 saturated carbocycles. The number of aliphatic imine (C=N–C) groups is 1. The summed E-state index contributed by atoms with van der Waals surface area (Å²) in [5.74, 6) is 0.129. The van der Waals surface area contributed by atoms with Crippen LogP contribution >= 0.6 is 11.8 Å². The van der Waals surface area contributed by atoms with Crippen molar-refractivity contribution in [3.63, 3.8) is 0 Å². The minimum Gasteiger partial charge on any atom is -0.504 e. The summed E-state index contributed by atoms with van der Waals surface area (Å²) in [4.78, 5) is 17.2. The Balaban J connectivity index is 1.90. The highest BCUT2D eigenvalue weighted by atomic mass is 32.2. The number of phenols is 1. The van der Waals surface area contributed by atoms with Crippen LogP contribution < -0.4 is 10.1 Å². The van der Waals surface area contributed by atoms with Crippen LogP contribution in [0.2, 0.25) is 0 Å². The van der Waals surface area contributed by atoms with E-state index in [1.165, 1.54) is 18.9 Å². The maximum atomic E-state index is 12.2. The van der Waals surface area contributed by atoms with E-state index in [1.54, 1.807) is 24.3 Å². The highest BCUT2D eigenvalue weighted by Crippen LogP contribution is 2.34. The minimum atomic E-state index is -0.240. The first-order chi connectivity index (χ1) is 12.0. The first-order valence-corrected chi connectivity index (χ1v) is 8.52. The third kappa shape index (κ3) is 3.69. The van der Waals surface area contributed by atoms with Gasteiger partial charge in [-0.05, 0) is 54.9 Å². The van der Waals surface area contributed by atoms with Gasteiger partial charge in [0.1, 0.15) is 0 Å². The average molecular weight is 354 g/mol. The van der Waals surface area contributed by atoms with E-state index in [9.17, 15) is 9.90 Å². The summed E-state index contributed by atoms with van der Waals surface area (Å²) in [5.41, 5.74) is 3.49. The van der Waals surface area contributed by atoms with Crippen molar-refractivity contribution in [3.8, 4) is 11.5 Å². The summed E-state index contributed by atoms with van der Waals surface area (Å²) in [6.45, 7) is 3.98. The lowest BCUT2D eigenvalue weighted by molar-refractivity contribution is -0.115. The van der Waals surface area contributed by atoms with E-state index in [0.29, 0.717) is 21.4 Å². The van der Waals surface area contributed by atoms with Gasteiger partial charge in [-0.25, -0.2) is 4.99 Å². The molecule has 0 atom stereocenters. The summed E-state index contributed by atoms with van der Waals surface area (Å²) in [5, 5.41) is 13.4. The van der Waals surface area contributed by atoms with Gasteiger partial charge in [0.2, 0.25) is 0 Å². The number of rotatable bonds is 3. The Morgan fingerprint density at radius 3 is 2.80 bits per heavy atom. The Hall–Kier alpha value is -2.73. The summed E-state index contributed by atoms with van der Waals surface area (Å²) in [7, 11) is 1.48. The molecule has 3 rings (SSSR count). The molecule has 128 valence electrons. The number of nitrogens with zero attached hydrogens (tertiary/aromatic N) is 1. The molecule has 2 N–H and O–H groups in total. The fourth-order valence-corrected chi connectivity index (χ4v) is 3.22. The van der Waals surface area contributed by atoms with Crippen LogP contribution in [0.4, 0.5) is 5.69 Å². The number of methoxy groups -OCH3 is 1. The number of aryl methyl sites for hydroxylation is 2. The molecule has 6 heteroatoms. The molecule has 5 nitrogen and oxygen atoms in total. The van der Waals surface area contributed by atoms with Crippen molar-refractivity contribution in [1.82, 2.24) is 5.32 Å². The van der Waals surface area contributed by atoms with Gasteiger partial charge in [0.15, 0.2) is 16.7 Å². The number of ether oxygens (including phenoxy) is 1. The molecule has 1 amide bonds. The quantitative estimate of drug-likeness (QED) is 0.820. The highest BCUT2D eigenvalue weighted by molar-refractivity contribution is 8.18. The molecule has 2 aromatic rings. The van der Waals surface area contributed by atoms with Crippen molar-refractivity contribution in [1.29, 1.82) is 0 Å². The molecule has 2 aromatic carbocycles. The summed E-state index contributed by atoms with van der Waals surface area (Å²) in [6.07, 6.45) is 1.63. The van der Waals surface area contributed by atoms with Crippen LogP contribution in [0.3, 0.4) is 0 Å². The van der Waals surface area contributed by atoms with Crippen molar-refractivity contribution >= 4 is 34.6 Å². The number of amidine groups is 1. The number of amides is 1. The SMILES string of the molecule is COc1cccc(C=C2SC(=Nc3cc(C)ccc3C)NC2=O)c1O. The van der Waals surface area contributed by atoms with E-state index in [2.05, 4.69) is 10.3 Å². The van der Waals surface area contributed by atoms with Gasteiger partial charge in [-0.15, -0.1) is 0 Å². The lowest BCUT2D eigenvalue weighted by atomic mass is 10.1. The Morgan fingerprint density at radius 2 is 2.04 bits per heavy atom. The fourth-order valence-electron chi connectivity index (χ4n) is 2.39. The van der Waals surface area contributed by atoms with Crippen LogP contribution in [0.15, 0.2) is 46.3 Å². The third-order valence-corrected chi connectivity index (χ3v) is 4.68. The Bertz CT molecular complexity index is 904. The van der Waals surface area contributed by atoms with E-state index >= 15 is 0 Å². The zero-order valence-corrected chi connectivity index (χ0v) is 15.0. The number of hydrogen-bond acceptors (Lipinski definition) is 5. The Kier molecular flexibility index (Phi) is 4.81. The second kappa shape index (κ2) is 7.03. The number of aromatic hydroxyl groups is 1. The number of phenolic OH excluding ortho intramolecular Hbond substituents is 1. The first-order valence-electron chi connectivity index (χ1n) is 7.70. The zero-order chi connectivity index (χ0) is 18.0. The normalized spacial score (nSPS) is 17.2. The standard InChI is InChI=1S/C19H18N2O3S/c1-11-7-8-12(2)14(9-11)20-19-21-18(23)16(25-19)10-13-5-4-6-15(24-3)17(13)22/h4-10,22H,1-3H3,(H,20,21,23). The lowest BCUT2D eigenvalue weighted by Gasteiger charge is -2.05. The number of carbonyl (C=O) groups excluding carboxylic acids is 1. The second-order valence-electron chi connectivity index (χ2n) is 5.67. The van der Waals surface area contributed by atoms with Crippen molar-refractivity contribution in [2.24, 2.45) is 4.99 Å². The van der Waals surface area contributed by atoms with Gasteiger partial charge in [-0.3, -0.25) is 4.79 Å². The molecule has 0 aliphatic carbocycles. The molecule has 0 spiro atoms. The molecule has 1 saturated heterocycles. The smallest absolute Gasteiger partial charge is 0.264 e. The molecule has 1 fully saturated rings. The van der Waals surface area contributed by atoms with E-state index in [1.807, 2.05) is 32.0 Å². The number of hydrogen-bond donors (Lipinski definition) is 2. The van der Waals surface area contributed by atoms with E-state index in [-0.39, 0.29) is 11.7 Å². The van der Waals surface area contributed by atoms with Crippen LogP contribution in [0.1, 0.15) is 16.7 Å². The maximum Gasteiger partial charge on any atom is 0.264 e. The topological polar surface area (TPSA) is 70.9 Å². The van der Waals surface area contributed by atoms with Crippen molar-refractivity contribution in [3.05, 3.63) is 58.0 Å². The monoisotopic (exact) mass is 354 g/mol. The van der Waals surface area contributed by atoms with Crippen LogP contribution in [0.5, 0.6) is 11.5 Å². The number of nitrogens with one attached hydrogen (secondary N) is 1. The fraction of sp³-hybridized carbons (Fsp3) is 0.158. The van der Waals surface area contributed by atoms with Crippen LogP contribution in [0.25, 0.3) is 6.08 Å². The van der Waals surface area contributed by atoms with Crippen LogP contribution in [-0.2, 0) is 4.79 Å². The molecule has 1 aliphatic rings. The molecule has 25 heavy (non-hydrogen) atoms. The van der Waals surface area contributed by atoms with Crippen molar-refractivity contribution < 1.29 is 14.6 Å². The van der Waals surface area contributed by atoms with Crippen LogP contribution in [0, 0.1) is 13.8 Å². The van der Waals surface area contributed by atoms with Gasteiger partial charge in [0.25, 0.3) is 5.91 Å². The molecule has 1 heterocycles. The molecule has 0 bridgehead atoms. The zero-order valence-electron chi connectivity index (χ0n) is 14.2. The van der Waals surface area contributed by atoms with Gasteiger partial charge in [0, 0.05) is 5.56 Å². The Labute approximate surface area is 150 Å². The summed E-state index contributed by atoms with van der Waals surface area (Å²) in [6, 6.07) is 11.1. The Morgan fingerprint density at radius 1 is 1.24 bits per heavy atom. The van der Waals surface area contributed by atoms with Gasteiger partial charge < -0.3 is 15.2 Å². The van der Waals surface area contributed by atoms with Gasteiger partial charge >= 0.3 is 0 Å². The van der Waals surface area contributed by atoms with Crippen molar-refractivity contribution in [2.75, 3.05) is 7.11 Å². The number of thioether (sulfide) groups is 1. The number of para-hydroxylation sites is 1. The van der Waals surface area contributed by atoms with Crippen molar-refractivity contribution in [2.45, 2.75) is 13.8 Å². The molecule has 0 aromatic heterocycles.